The topological polar surface area (TPSA) is 3.24 Å². The summed E-state index contributed by atoms with van der Waals surface area (Å²) in [6, 6.07) is 0.576. The first-order chi connectivity index (χ1) is 4.74. The number of nitrogens with zero attached hydrogens (tertiary/aromatic N) is 1. The Hall–Kier alpha value is 0.250. The van der Waals surface area contributed by atoms with Gasteiger partial charge in [-0.25, -0.2) is 0 Å². The molecule has 2 atom stereocenters. The Kier molecular flexibility index (Phi) is 2.99. The third-order valence-electron chi connectivity index (χ3n) is 2.30. The minimum absolute atomic E-state index is 0.576. The molecular weight excluding hydrogens is 146 g/mol. The van der Waals surface area contributed by atoms with E-state index in [1.807, 2.05) is 0 Å². The van der Waals surface area contributed by atoms with Crippen molar-refractivity contribution in [3.8, 4) is 0 Å². The Morgan fingerprint density at radius 2 is 2.40 bits per heavy atom. The van der Waals surface area contributed by atoms with Gasteiger partial charge in [-0.1, -0.05) is 6.92 Å². The van der Waals surface area contributed by atoms with Crippen LogP contribution >= 0.6 is 11.6 Å². The van der Waals surface area contributed by atoms with E-state index in [1.165, 1.54) is 19.5 Å². The largest absolute Gasteiger partial charge is 0.299 e. The maximum atomic E-state index is 5.74. The fraction of sp³-hybridized carbons (Fsp3) is 1.00. The lowest BCUT2D eigenvalue weighted by atomic mass is 10.2. The van der Waals surface area contributed by atoms with Crippen molar-refractivity contribution in [2.75, 3.05) is 19.0 Å². The zero-order valence-electron chi connectivity index (χ0n) is 6.81. The summed E-state index contributed by atoms with van der Waals surface area (Å²) in [6.07, 6.45) is 1.35. The monoisotopic (exact) mass is 161 g/mol. The molecule has 2 heteroatoms. The van der Waals surface area contributed by atoms with Crippen molar-refractivity contribution in [3.05, 3.63) is 0 Å². The molecule has 60 valence electrons. The third-order valence-corrected chi connectivity index (χ3v) is 2.75. The maximum absolute atomic E-state index is 5.74. The van der Waals surface area contributed by atoms with Crippen LogP contribution in [0, 0.1) is 5.92 Å². The van der Waals surface area contributed by atoms with Crippen molar-refractivity contribution in [3.63, 3.8) is 0 Å². The quantitative estimate of drug-likeness (QED) is 0.560. The van der Waals surface area contributed by atoms with Gasteiger partial charge < -0.3 is 0 Å². The van der Waals surface area contributed by atoms with Gasteiger partial charge in [0.2, 0.25) is 0 Å². The first-order valence-corrected chi connectivity index (χ1v) is 4.57. The van der Waals surface area contributed by atoms with Gasteiger partial charge in [-0.05, 0) is 25.8 Å². The van der Waals surface area contributed by atoms with Gasteiger partial charge in [0.1, 0.15) is 0 Å². The molecule has 0 N–H and O–H groups in total. The molecule has 0 aromatic rings. The van der Waals surface area contributed by atoms with Crippen LogP contribution in [0.2, 0.25) is 0 Å². The van der Waals surface area contributed by atoms with E-state index < -0.39 is 0 Å². The van der Waals surface area contributed by atoms with Crippen LogP contribution in [0.5, 0.6) is 0 Å². The maximum Gasteiger partial charge on any atom is 0.0376 e. The molecule has 1 saturated heterocycles. The number of alkyl halides is 1. The van der Waals surface area contributed by atoms with Crippen LogP contribution < -0.4 is 0 Å². The number of hydrogen-bond acceptors (Lipinski definition) is 1. The molecular formula is C8H16ClN. The molecule has 1 rings (SSSR count). The van der Waals surface area contributed by atoms with Crippen LogP contribution in [0.1, 0.15) is 20.3 Å². The fourth-order valence-corrected chi connectivity index (χ4v) is 1.66. The number of likely N-dealkylation sites (tertiary alicyclic amines) is 1. The first-order valence-electron chi connectivity index (χ1n) is 4.04. The highest BCUT2D eigenvalue weighted by Crippen LogP contribution is 2.17. The van der Waals surface area contributed by atoms with E-state index in [0.29, 0.717) is 6.04 Å². The van der Waals surface area contributed by atoms with E-state index in [-0.39, 0.29) is 0 Å². The zero-order valence-corrected chi connectivity index (χ0v) is 7.56. The average Bonchev–Trinajstić information content (AvgIpc) is 2.34. The molecule has 1 heterocycles. The SMILES string of the molecule is CC1CCN(C(C)CCl)C1. The van der Waals surface area contributed by atoms with Crippen molar-refractivity contribution < 1.29 is 0 Å². The van der Waals surface area contributed by atoms with Crippen molar-refractivity contribution >= 4 is 11.6 Å². The fourth-order valence-electron chi connectivity index (χ4n) is 1.47. The summed E-state index contributed by atoms with van der Waals surface area (Å²) in [6.45, 7) is 6.99. The highest BCUT2D eigenvalue weighted by Gasteiger charge is 2.21. The Balaban J connectivity index is 2.29. The molecule has 1 nitrogen and oxygen atoms in total. The Morgan fingerprint density at radius 1 is 1.70 bits per heavy atom. The van der Waals surface area contributed by atoms with Gasteiger partial charge in [-0.3, -0.25) is 4.90 Å². The molecule has 0 amide bonds. The third kappa shape index (κ3) is 1.86. The molecule has 1 fully saturated rings. The van der Waals surface area contributed by atoms with Crippen molar-refractivity contribution in [1.29, 1.82) is 0 Å². The minimum atomic E-state index is 0.576. The van der Waals surface area contributed by atoms with E-state index >= 15 is 0 Å². The number of rotatable bonds is 2. The summed E-state index contributed by atoms with van der Waals surface area (Å²) in [4.78, 5) is 2.47. The lowest BCUT2D eigenvalue weighted by Gasteiger charge is -2.21. The Labute approximate surface area is 68.4 Å². The molecule has 0 radical (unpaired) electrons. The van der Waals surface area contributed by atoms with Crippen molar-refractivity contribution in [1.82, 2.24) is 4.90 Å². The van der Waals surface area contributed by atoms with Crippen LogP contribution in [0.3, 0.4) is 0 Å². The number of halogens is 1. The molecule has 0 aromatic carbocycles. The smallest absolute Gasteiger partial charge is 0.0376 e. The molecule has 0 bridgehead atoms. The van der Waals surface area contributed by atoms with E-state index in [9.17, 15) is 0 Å². The highest BCUT2D eigenvalue weighted by molar-refractivity contribution is 6.18. The summed E-state index contributed by atoms with van der Waals surface area (Å²) in [5.41, 5.74) is 0. The Bertz CT molecular complexity index is 105. The van der Waals surface area contributed by atoms with E-state index in [0.717, 1.165) is 11.8 Å². The summed E-state index contributed by atoms with van der Waals surface area (Å²) in [7, 11) is 0. The van der Waals surface area contributed by atoms with Gasteiger partial charge in [-0.2, -0.15) is 0 Å². The van der Waals surface area contributed by atoms with E-state index in [2.05, 4.69) is 18.7 Å². The summed E-state index contributed by atoms with van der Waals surface area (Å²) >= 11 is 5.74. The average molecular weight is 162 g/mol. The minimum Gasteiger partial charge on any atom is -0.299 e. The van der Waals surface area contributed by atoms with Crippen LogP contribution in [0.25, 0.3) is 0 Å². The molecule has 10 heavy (non-hydrogen) atoms. The molecule has 1 aliphatic rings. The van der Waals surface area contributed by atoms with Gasteiger partial charge in [0.25, 0.3) is 0 Å². The first kappa shape index (κ1) is 8.35. The second-order valence-electron chi connectivity index (χ2n) is 3.39. The van der Waals surface area contributed by atoms with Gasteiger partial charge >= 0.3 is 0 Å². The molecule has 2 unspecified atom stereocenters. The van der Waals surface area contributed by atoms with Gasteiger partial charge in [0.15, 0.2) is 0 Å². The normalized spacial score (nSPS) is 30.9. The van der Waals surface area contributed by atoms with Gasteiger partial charge in [-0.15, -0.1) is 11.6 Å². The lowest BCUT2D eigenvalue weighted by Crippen LogP contribution is -2.31. The molecule has 0 aromatic heterocycles. The molecule has 0 spiro atoms. The number of hydrogen-bond donors (Lipinski definition) is 0. The summed E-state index contributed by atoms with van der Waals surface area (Å²) < 4.78 is 0. The van der Waals surface area contributed by atoms with E-state index in [4.69, 9.17) is 11.6 Å². The van der Waals surface area contributed by atoms with Crippen molar-refractivity contribution in [2.24, 2.45) is 5.92 Å². The predicted octanol–water partition coefficient (Wildman–Crippen LogP) is 1.96. The van der Waals surface area contributed by atoms with Gasteiger partial charge in [0, 0.05) is 18.5 Å². The standard InChI is InChI=1S/C8H16ClN/c1-7-3-4-10(6-7)8(2)5-9/h7-8H,3-6H2,1-2H3. The summed E-state index contributed by atoms with van der Waals surface area (Å²) in [5, 5.41) is 0. The second kappa shape index (κ2) is 3.59. The van der Waals surface area contributed by atoms with Crippen LogP contribution in [-0.2, 0) is 0 Å². The van der Waals surface area contributed by atoms with Crippen LogP contribution in [0.4, 0.5) is 0 Å². The molecule has 0 aliphatic carbocycles. The van der Waals surface area contributed by atoms with Crippen molar-refractivity contribution in [2.45, 2.75) is 26.3 Å². The van der Waals surface area contributed by atoms with Gasteiger partial charge in [0.05, 0.1) is 0 Å². The predicted molar refractivity (Wildman–Crippen MR) is 45.5 cm³/mol. The zero-order chi connectivity index (χ0) is 7.56. The molecule has 1 aliphatic heterocycles. The van der Waals surface area contributed by atoms with Crippen LogP contribution in [0.15, 0.2) is 0 Å². The van der Waals surface area contributed by atoms with E-state index in [1.54, 1.807) is 0 Å². The van der Waals surface area contributed by atoms with Crippen LogP contribution in [-0.4, -0.2) is 29.9 Å². The highest BCUT2D eigenvalue weighted by atomic mass is 35.5. The summed E-state index contributed by atoms with van der Waals surface area (Å²) in [5.74, 6) is 1.65. The second-order valence-corrected chi connectivity index (χ2v) is 3.70. The molecule has 0 saturated carbocycles. The Morgan fingerprint density at radius 3 is 2.80 bits per heavy atom. The lowest BCUT2D eigenvalue weighted by molar-refractivity contribution is 0.270.